The topological polar surface area (TPSA) is 86.5 Å². The van der Waals surface area contributed by atoms with Crippen LogP contribution in [-0.4, -0.2) is 26.7 Å². The standard InChI is InChI=1S/C25H18Cl2N2O4/c1-13-20(16-6-2-3-7-19(16)28-13)22-21(23(30)14-8-9-17(26)18(27)11-14)24(31)25(32)29(22)12-15-5-4-10-33-15/h2-11,22,28,30H,12H2,1H3/b23-21+. The van der Waals surface area contributed by atoms with Crippen LogP contribution in [0.3, 0.4) is 0 Å². The highest BCUT2D eigenvalue weighted by molar-refractivity contribution is 6.47. The van der Waals surface area contributed by atoms with Gasteiger partial charge in [-0.05, 0) is 43.3 Å². The van der Waals surface area contributed by atoms with Gasteiger partial charge < -0.3 is 19.4 Å². The Kier molecular flexibility index (Phi) is 5.27. The number of nitrogens with zero attached hydrogens (tertiary/aromatic N) is 1. The van der Waals surface area contributed by atoms with Crippen LogP contribution in [0.1, 0.15) is 28.6 Å². The van der Waals surface area contributed by atoms with E-state index in [9.17, 15) is 14.7 Å². The molecule has 0 radical (unpaired) electrons. The number of fused-ring (bicyclic) bond motifs is 1. The second-order valence-corrected chi connectivity index (χ2v) is 8.66. The molecule has 2 aromatic heterocycles. The number of likely N-dealkylation sites (tertiary alicyclic amines) is 1. The largest absolute Gasteiger partial charge is 0.507 e. The van der Waals surface area contributed by atoms with Gasteiger partial charge in [0.05, 0.1) is 34.5 Å². The van der Waals surface area contributed by atoms with E-state index in [1.54, 1.807) is 18.2 Å². The van der Waals surface area contributed by atoms with Gasteiger partial charge in [0, 0.05) is 27.7 Å². The Morgan fingerprint density at radius 1 is 1.09 bits per heavy atom. The van der Waals surface area contributed by atoms with Crippen molar-refractivity contribution in [1.82, 2.24) is 9.88 Å². The highest BCUT2D eigenvalue weighted by Crippen LogP contribution is 2.44. The molecule has 5 rings (SSSR count). The van der Waals surface area contributed by atoms with Gasteiger partial charge in [-0.3, -0.25) is 9.59 Å². The lowest BCUT2D eigenvalue weighted by atomic mass is 9.93. The molecule has 2 N–H and O–H groups in total. The highest BCUT2D eigenvalue weighted by atomic mass is 35.5. The monoisotopic (exact) mass is 480 g/mol. The number of furan rings is 1. The Morgan fingerprint density at radius 3 is 2.61 bits per heavy atom. The molecular formula is C25H18Cl2N2O4. The first-order valence-electron chi connectivity index (χ1n) is 10.2. The second-order valence-electron chi connectivity index (χ2n) is 7.84. The van der Waals surface area contributed by atoms with Crippen LogP contribution in [0.15, 0.2) is 70.9 Å². The van der Waals surface area contributed by atoms with Gasteiger partial charge in [-0.1, -0.05) is 41.4 Å². The number of nitrogens with one attached hydrogen (secondary N) is 1. The van der Waals surface area contributed by atoms with Crippen molar-refractivity contribution >= 4 is 51.6 Å². The fraction of sp³-hybridized carbons (Fsp3) is 0.120. The molecule has 0 saturated carbocycles. The van der Waals surface area contributed by atoms with E-state index in [1.807, 2.05) is 31.2 Å². The number of para-hydroxylation sites is 1. The molecule has 8 heteroatoms. The van der Waals surface area contributed by atoms with Crippen molar-refractivity contribution in [3.8, 4) is 0 Å². The summed E-state index contributed by atoms with van der Waals surface area (Å²) in [4.78, 5) is 31.2. The number of halogens is 2. The summed E-state index contributed by atoms with van der Waals surface area (Å²) in [6.07, 6.45) is 1.51. The third kappa shape index (κ3) is 3.52. The molecule has 33 heavy (non-hydrogen) atoms. The van der Waals surface area contributed by atoms with Gasteiger partial charge in [-0.15, -0.1) is 0 Å². The zero-order valence-electron chi connectivity index (χ0n) is 17.4. The quantitative estimate of drug-likeness (QED) is 0.213. The van der Waals surface area contributed by atoms with Crippen LogP contribution in [0.4, 0.5) is 0 Å². The van der Waals surface area contributed by atoms with Gasteiger partial charge in [0.1, 0.15) is 11.5 Å². The van der Waals surface area contributed by atoms with E-state index in [0.717, 1.165) is 22.2 Å². The van der Waals surface area contributed by atoms with E-state index in [0.29, 0.717) is 16.3 Å². The lowest BCUT2D eigenvalue weighted by Gasteiger charge is -2.25. The molecule has 0 bridgehead atoms. The lowest BCUT2D eigenvalue weighted by Crippen LogP contribution is -2.29. The van der Waals surface area contributed by atoms with Crippen molar-refractivity contribution in [2.45, 2.75) is 19.5 Å². The number of hydrogen-bond donors (Lipinski definition) is 2. The third-order valence-corrected chi connectivity index (χ3v) is 6.60. The zero-order valence-corrected chi connectivity index (χ0v) is 18.9. The maximum atomic E-state index is 13.3. The highest BCUT2D eigenvalue weighted by Gasteiger charge is 2.47. The number of aliphatic hydroxyl groups is 1. The number of benzene rings is 2. The number of aryl methyl sites for hydroxylation is 1. The number of aromatic amines is 1. The first-order chi connectivity index (χ1) is 15.9. The summed E-state index contributed by atoms with van der Waals surface area (Å²) < 4.78 is 5.45. The predicted molar refractivity (Wildman–Crippen MR) is 126 cm³/mol. The van der Waals surface area contributed by atoms with Gasteiger partial charge >= 0.3 is 0 Å². The number of aromatic nitrogens is 1. The Morgan fingerprint density at radius 2 is 1.88 bits per heavy atom. The van der Waals surface area contributed by atoms with Crippen molar-refractivity contribution in [1.29, 1.82) is 0 Å². The van der Waals surface area contributed by atoms with Crippen LogP contribution >= 0.6 is 23.2 Å². The molecular weight excluding hydrogens is 463 g/mol. The predicted octanol–water partition coefficient (Wildman–Crippen LogP) is 6.00. The summed E-state index contributed by atoms with van der Waals surface area (Å²) in [5, 5.41) is 12.6. The molecule has 1 amide bonds. The number of carbonyl (C=O) groups is 2. The first kappa shape index (κ1) is 21.4. The number of amides is 1. The van der Waals surface area contributed by atoms with Crippen molar-refractivity contribution in [2.24, 2.45) is 0 Å². The molecule has 1 unspecified atom stereocenters. The van der Waals surface area contributed by atoms with Crippen molar-refractivity contribution in [3.05, 3.63) is 99.1 Å². The summed E-state index contributed by atoms with van der Waals surface area (Å²) in [5.41, 5.74) is 2.66. The molecule has 0 aliphatic carbocycles. The van der Waals surface area contributed by atoms with Crippen molar-refractivity contribution in [2.75, 3.05) is 0 Å². The average molecular weight is 481 g/mol. The second kappa shape index (κ2) is 8.14. The number of ketones is 1. The fourth-order valence-corrected chi connectivity index (χ4v) is 4.66. The average Bonchev–Trinajstić information content (AvgIpc) is 3.48. The molecule has 3 heterocycles. The van der Waals surface area contributed by atoms with Gasteiger partial charge in [-0.25, -0.2) is 0 Å². The minimum Gasteiger partial charge on any atom is -0.507 e. The fourth-order valence-electron chi connectivity index (χ4n) is 4.36. The van der Waals surface area contributed by atoms with E-state index >= 15 is 0 Å². The summed E-state index contributed by atoms with van der Waals surface area (Å²) in [6, 6.07) is 14.8. The SMILES string of the molecule is Cc1[nH]c2ccccc2c1C1/C(=C(\O)c2ccc(Cl)c(Cl)c2)C(=O)C(=O)N1Cc1ccco1. The maximum absolute atomic E-state index is 13.3. The number of rotatable bonds is 4. The Labute approximate surface area is 199 Å². The Hall–Kier alpha value is -3.48. The van der Waals surface area contributed by atoms with E-state index in [-0.39, 0.29) is 22.9 Å². The van der Waals surface area contributed by atoms with Crippen molar-refractivity contribution < 1.29 is 19.1 Å². The van der Waals surface area contributed by atoms with Crippen LogP contribution in [0.2, 0.25) is 10.0 Å². The zero-order chi connectivity index (χ0) is 23.3. The Bertz CT molecular complexity index is 1440. The smallest absolute Gasteiger partial charge is 0.296 e. The van der Waals surface area contributed by atoms with Crippen LogP contribution in [-0.2, 0) is 16.1 Å². The normalized spacial score (nSPS) is 17.9. The molecule has 2 aromatic carbocycles. The third-order valence-electron chi connectivity index (χ3n) is 5.86. The minimum atomic E-state index is -0.833. The van der Waals surface area contributed by atoms with E-state index < -0.39 is 17.7 Å². The number of aliphatic hydroxyl groups excluding tert-OH is 1. The van der Waals surface area contributed by atoms with Crippen LogP contribution in [0, 0.1) is 6.92 Å². The minimum absolute atomic E-state index is 0.0159. The number of H-pyrrole nitrogens is 1. The van der Waals surface area contributed by atoms with Gasteiger partial charge in [0.25, 0.3) is 11.7 Å². The lowest BCUT2D eigenvalue weighted by molar-refractivity contribution is -0.140. The summed E-state index contributed by atoms with van der Waals surface area (Å²) in [7, 11) is 0. The Balaban J connectivity index is 1.76. The number of carbonyl (C=O) groups excluding carboxylic acids is 2. The van der Waals surface area contributed by atoms with Crippen LogP contribution < -0.4 is 0 Å². The molecule has 1 atom stereocenters. The maximum Gasteiger partial charge on any atom is 0.296 e. The molecule has 166 valence electrons. The molecule has 1 aliphatic rings. The van der Waals surface area contributed by atoms with Crippen LogP contribution in [0.5, 0.6) is 0 Å². The molecule has 1 aliphatic heterocycles. The molecule has 1 fully saturated rings. The number of hydrogen-bond acceptors (Lipinski definition) is 4. The summed E-state index contributed by atoms with van der Waals surface area (Å²) in [6.45, 7) is 1.95. The van der Waals surface area contributed by atoms with E-state index in [2.05, 4.69) is 4.98 Å². The van der Waals surface area contributed by atoms with E-state index in [1.165, 1.54) is 23.3 Å². The van der Waals surface area contributed by atoms with E-state index in [4.69, 9.17) is 27.6 Å². The van der Waals surface area contributed by atoms with Crippen LogP contribution in [0.25, 0.3) is 16.7 Å². The molecule has 4 aromatic rings. The van der Waals surface area contributed by atoms with Gasteiger partial charge in [0.15, 0.2) is 0 Å². The molecule has 0 spiro atoms. The molecule has 1 saturated heterocycles. The van der Waals surface area contributed by atoms with Crippen molar-refractivity contribution in [3.63, 3.8) is 0 Å². The first-order valence-corrected chi connectivity index (χ1v) is 11.0. The summed E-state index contributed by atoms with van der Waals surface area (Å²) in [5.74, 6) is -1.29. The van der Waals surface area contributed by atoms with Gasteiger partial charge in [0.2, 0.25) is 0 Å². The molecule has 6 nitrogen and oxygen atoms in total. The number of Topliss-reactive ketones (excluding diaryl/α,β-unsaturated/α-hetero) is 1. The van der Waals surface area contributed by atoms with Gasteiger partial charge in [-0.2, -0.15) is 0 Å². The summed E-state index contributed by atoms with van der Waals surface area (Å²) >= 11 is 12.2.